The maximum atomic E-state index is 13.1. The number of aliphatic hydroxyl groups excluding tert-OH is 1. The Kier molecular flexibility index (Phi) is 7.69. The van der Waals surface area contributed by atoms with Crippen LogP contribution in [0.3, 0.4) is 0 Å². The Balaban J connectivity index is 1.34. The summed E-state index contributed by atoms with van der Waals surface area (Å²) in [6.07, 6.45) is 3.53. The van der Waals surface area contributed by atoms with Crippen LogP contribution in [0.2, 0.25) is 0 Å². The number of nitrogens with two attached hydrogens (primary N) is 1. The molecule has 2 amide bonds. The molecule has 2 atom stereocenters. The number of aromatic nitrogens is 5. The van der Waals surface area contributed by atoms with E-state index in [1.807, 2.05) is 16.7 Å². The molecule has 1 saturated heterocycles. The van der Waals surface area contributed by atoms with Crippen LogP contribution in [0, 0.1) is 0 Å². The molecule has 2 aliphatic heterocycles. The number of carboxylic acids is 1. The van der Waals surface area contributed by atoms with Gasteiger partial charge in [-0.2, -0.15) is 9.36 Å². The van der Waals surface area contributed by atoms with Gasteiger partial charge in [0.25, 0.3) is 11.8 Å². The van der Waals surface area contributed by atoms with Crippen molar-refractivity contribution in [2.24, 2.45) is 5.16 Å². The highest BCUT2D eigenvalue weighted by Crippen LogP contribution is 2.40. The molecular formula is C21H22N9O6S3+. The number of carboxylic acid groups (broad SMARTS) is 1. The van der Waals surface area contributed by atoms with E-state index in [-0.39, 0.29) is 35.5 Å². The van der Waals surface area contributed by atoms with Gasteiger partial charge in [-0.25, -0.2) is 9.36 Å². The number of hydrogen-bond donors (Lipinski definition) is 4. The molecule has 3 aromatic heterocycles. The normalized spacial score (nSPS) is 19.2. The highest BCUT2D eigenvalue weighted by Gasteiger charge is 2.54. The van der Waals surface area contributed by atoms with Gasteiger partial charge in [-0.1, -0.05) is 10.3 Å². The first-order chi connectivity index (χ1) is 18.8. The number of thioether (sulfide) groups is 2. The van der Waals surface area contributed by atoms with Crippen molar-refractivity contribution in [3.63, 3.8) is 0 Å². The van der Waals surface area contributed by atoms with Gasteiger partial charge in [-0.15, -0.1) is 28.0 Å². The molecule has 5 heterocycles. The quantitative estimate of drug-likeness (QED) is 0.0731. The summed E-state index contributed by atoms with van der Waals surface area (Å²) in [6, 6.07) is 2.71. The van der Waals surface area contributed by atoms with Crippen molar-refractivity contribution in [2.75, 3.05) is 31.0 Å². The number of carbonyl (C=O) groups excluding carboxylic acids is 2. The molecule has 0 radical (unpaired) electrons. The highest BCUT2D eigenvalue weighted by molar-refractivity contribution is 8.00. The number of fused-ring (bicyclic) bond motifs is 2. The lowest BCUT2D eigenvalue weighted by Crippen LogP contribution is -2.71. The number of β-lactam (4-membered cyclic amide) rings is 1. The molecule has 39 heavy (non-hydrogen) atoms. The summed E-state index contributed by atoms with van der Waals surface area (Å²) in [6.45, 7) is 0.270. The van der Waals surface area contributed by atoms with Gasteiger partial charge in [0.05, 0.1) is 6.61 Å². The molecule has 0 saturated carbocycles. The smallest absolute Gasteiger partial charge is 0.352 e. The number of imidazole rings is 1. The minimum atomic E-state index is -1.23. The minimum Gasteiger partial charge on any atom is -0.477 e. The van der Waals surface area contributed by atoms with E-state index in [0.29, 0.717) is 17.1 Å². The number of rotatable bonds is 10. The molecule has 0 spiro atoms. The van der Waals surface area contributed by atoms with Crippen molar-refractivity contribution < 1.29 is 34.0 Å². The lowest BCUT2D eigenvalue weighted by atomic mass is 10.0. The van der Waals surface area contributed by atoms with E-state index in [9.17, 15) is 19.5 Å². The van der Waals surface area contributed by atoms with Crippen LogP contribution in [0.5, 0.6) is 0 Å². The van der Waals surface area contributed by atoms with Gasteiger partial charge in [0, 0.05) is 34.7 Å². The van der Waals surface area contributed by atoms with Crippen LogP contribution in [0.25, 0.3) is 5.65 Å². The number of aliphatic carboxylic acids is 1. The fourth-order valence-electron chi connectivity index (χ4n) is 4.16. The molecule has 5 rings (SSSR count). The minimum absolute atomic E-state index is 0.0423. The summed E-state index contributed by atoms with van der Waals surface area (Å²) in [5.41, 5.74) is 6.51. The van der Waals surface area contributed by atoms with Crippen molar-refractivity contribution in [3.05, 3.63) is 41.6 Å². The van der Waals surface area contributed by atoms with E-state index in [2.05, 4.69) is 24.9 Å². The summed E-state index contributed by atoms with van der Waals surface area (Å²) in [5, 5.41) is 30.1. The molecule has 1 fully saturated rings. The van der Waals surface area contributed by atoms with Gasteiger partial charge >= 0.3 is 11.6 Å². The number of nitrogens with zero attached hydrogens (tertiary/aromatic N) is 7. The number of anilines is 1. The molecule has 15 nitrogen and oxygen atoms in total. The first-order valence-corrected chi connectivity index (χ1v) is 14.2. The van der Waals surface area contributed by atoms with Gasteiger partial charge < -0.3 is 26.1 Å². The topological polar surface area (TPSA) is 202 Å². The average molecular weight is 593 g/mol. The lowest BCUT2D eigenvalue weighted by Gasteiger charge is -2.49. The third-order valence-corrected chi connectivity index (χ3v) is 8.57. The van der Waals surface area contributed by atoms with Crippen LogP contribution in [0.1, 0.15) is 5.82 Å². The van der Waals surface area contributed by atoms with E-state index in [1.165, 1.54) is 35.5 Å². The third-order valence-electron chi connectivity index (χ3n) is 5.79. The number of amides is 2. The molecule has 2 aliphatic rings. The molecule has 0 bridgehead atoms. The summed E-state index contributed by atoms with van der Waals surface area (Å²) in [5.74, 6) is -1.74. The third kappa shape index (κ3) is 5.14. The zero-order chi connectivity index (χ0) is 27.7. The highest BCUT2D eigenvalue weighted by atomic mass is 32.2. The fourth-order valence-corrected chi connectivity index (χ4v) is 6.54. The molecule has 5 N–H and O–H groups in total. The number of aliphatic hydroxyl groups is 1. The second-order valence-corrected chi connectivity index (χ2v) is 11.2. The number of nitrogens with one attached hydrogen (secondary N) is 1. The average Bonchev–Trinajstić information content (AvgIpc) is 3.54. The molecule has 3 aromatic rings. The first kappa shape index (κ1) is 26.9. The van der Waals surface area contributed by atoms with Gasteiger partial charge in [0.1, 0.15) is 42.0 Å². The number of oxime groups is 1. The fraction of sp³-hybridized carbons (Fsp3) is 0.333. The van der Waals surface area contributed by atoms with E-state index in [4.69, 9.17) is 15.7 Å². The van der Waals surface area contributed by atoms with E-state index < -0.39 is 29.2 Å². The van der Waals surface area contributed by atoms with E-state index in [1.54, 1.807) is 16.9 Å². The Morgan fingerprint density at radius 1 is 1.41 bits per heavy atom. The van der Waals surface area contributed by atoms with E-state index in [0.717, 1.165) is 22.2 Å². The largest absolute Gasteiger partial charge is 0.477 e. The summed E-state index contributed by atoms with van der Waals surface area (Å²) < 4.78 is 7.47. The SMILES string of the molecule is CO/N=C(\C(=O)N[C@@H]1C(=O)N2C(C(=O)O)=C(C[n+]3ccn4nc(SCCO)ccc43)CS[C@H]12)c1nsc(N)n1. The molecule has 0 aromatic carbocycles. The maximum Gasteiger partial charge on any atom is 0.352 e. The molecule has 0 unspecified atom stereocenters. The second-order valence-electron chi connectivity index (χ2n) is 8.17. The Bertz CT molecular complexity index is 1520. The standard InChI is InChI=1S/C21H21N9O6S3/c1-36-26-13(16-24-21(22)39-27-16)17(32)23-14-18(33)30-15(20(34)35)10(9-38-19(14)30)8-28-4-5-29-12(28)3-2-11(25-29)37-7-6-31/h2-5,14,19,31H,6-9H2,1H3,(H3-,22,23,24,27,32,34,35)/p+1/b26-13-/t14-,19-/m1/s1. The van der Waals surface area contributed by atoms with Crippen LogP contribution in [0.15, 0.2) is 46.0 Å². The molecular weight excluding hydrogens is 570 g/mol. The van der Waals surface area contributed by atoms with Crippen LogP contribution in [-0.2, 0) is 25.8 Å². The van der Waals surface area contributed by atoms with Gasteiger partial charge in [-0.05, 0) is 6.07 Å². The van der Waals surface area contributed by atoms with Crippen molar-refractivity contribution in [3.8, 4) is 0 Å². The zero-order valence-electron chi connectivity index (χ0n) is 20.3. The summed E-state index contributed by atoms with van der Waals surface area (Å²) >= 11 is 3.64. The lowest BCUT2D eigenvalue weighted by molar-refractivity contribution is -0.662. The number of carbonyl (C=O) groups is 3. The predicted molar refractivity (Wildman–Crippen MR) is 141 cm³/mol. The number of nitrogen functional groups attached to an aromatic ring is 1. The van der Waals surface area contributed by atoms with Gasteiger partial charge in [0.2, 0.25) is 11.5 Å². The Hall–Kier alpha value is -3.74. The Morgan fingerprint density at radius 3 is 2.92 bits per heavy atom. The Morgan fingerprint density at radius 2 is 2.23 bits per heavy atom. The number of hydrogen-bond acceptors (Lipinski definition) is 13. The molecule has 0 aliphatic carbocycles. The second kappa shape index (κ2) is 11.2. The van der Waals surface area contributed by atoms with E-state index >= 15 is 0 Å². The van der Waals surface area contributed by atoms with Crippen molar-refractivity contribution in [2.45, 2.75) is 23.0 Å². The van der Waals surface area contributed by atoms with Crippen molar-refractivity contribution in [1.82, 2.24) is 29.2 Å². The zero-order valence-corrected chi connectivity index (χ0v) is 22.7. The van der Waals surface area contributed by atoms with Crippen molar-refractivity contribution >= 4 is 69.3 Å². The van der Waals surface area contributed by atoms with Crippen LogP contribution >= 0.6 is 35.1 Å². The van der Waals surface area contributed by atoms with Gasteiger partial charge in [0.15, 0.2) is 11.3 Å². The Labute approximate surface area is 232 Å². The molecule has 204 valence electrons. The van der Waals surface area contributed by atoms with Crippen LogP contribution in [-0.4, -0.2) is 94.2 Å². The van der Waals surface area contributed by atoms with Gasteiger partial charge in [-0.3, -0.25) is 14.5 Å². The predicted octanol–water partition coefficient (Wildman–Crippen LogP) is -1.07. The maximum absolute atomic E-state index is 13.1. The monoisotopic (exact) mass is 592 g/mol. The summed E-state index contributed by atoms with van der Waals surface area (Å²) in [7, 11) is 1.25. The molecule has 18 heteroatoms. The van der Waals surface area contributed by atoms with Crippen molar-refractivity contribution in [1.29, 1.82) is 0 Å². The van der Waals surface area contributed by atoms with Crippen LogP contribution in [0.4, 0.5) is 5.13 Å². The first-order valence-electron chi connectivity index (χ1n) is 11.4. The van der Waals surface area contributed by atoms with Crippen LogP contribution < -0.4 is 15.6 Å². The summed E-state index contributed by atoms with van der Waals surface area (Å²) in [4.78, 5) is 48.1.